The van der Waals surface area contributed by atoms with E-state index >= 15 is 0 Å². The average molecular weight is 380 g/mol. The number of likely N-dealkylation sites (tertiary alicyclic amines) is 1. The quantitative estimate of drug-likeness (QED) is 0.735. The maximum absolute atomic E-state index is 13.0. The van der Waals surface area contributed by atoms with E-state index in [1.54, 1.807) is 13.3 Å². The number of aromatic amines is 1. The van der Waals surface area contributed by atoms with Gasteiger partial charge in [-0.05, 0) is 63.3 Å². The van der Waals surface area contributed by atoms with Crippen molar-refractivity contribution < 1.29 is 9.53 Å². The van der Waals surface area contributed by atoms with E-state index in [4.69, 9.17) is 4.74 Å². The topological polar surface area (TPSA) is 63.1 Å². The zero-order valence-electron chi connectivity index (χ0n) is 17.0. The molecule has 1 saturated heterocycles. The highest BCUT2D eigenvalue weighted by molar-refractivity contribution is 5.95. The number of nitrogens with one attached hydrogen (secondary N) is 1. The third-order valence-electron chi connectivity index (χ3n) is 5.91. The van der Waals surface area contributed by atoms with E-state index in [2.05, 4.69) is 42.3 Å². The molecule has 0 spiro atoms. The van der Waals surface area contributed by atoms with E-state index in [1.165, 1.54) is 10.9 Å². The Morgan fingerprint density at radius 1 is 1.29 bits per heavy atom. The van der Waals surface area contributed by atoms with Crippen LogP contribution in [0, 0.1) is 6.92 Å². The molecule has 0 unspecified atom stereocenters. The third kappa shape index (κ3) is 3.17. The third-order valence-corrected chi connectivity index (χ3v) is 5.91. The molecule has 0 saturated carbocycles. The fourth-order valence-electron chi connectivity index (χ4n) is 4.30. The largest absolute Gasteiger partial charge is 0.497 e. The minimum absolute atomic E-state index is 0.100. The Balaban J connectivity index is 1.48. The molecule has 0 bridgehead atoms. The predicted octanol–water partition coefficient (Wildman–Crippen LogP) is 4.28. The number of piperidine rings is 1. The standard InChI is InChI=1S/C22H28N4O2/c1-14(2)26-15(3)19(13-24-26)22(27)25-9-7-16(8-10-25)20-12-23-21-6-5-17(28-4)11-18(20)21/h5-6,11-14,16,23H,7-10H2,1-4H3. The fourth-order valence-corrected chi connectivity index (χ4v) is 4.30. The first-order chi connectivity index (χ1) is 13.5. The van der Waals surface area contributed by atoms with Gasteiger partial charge in [-0.1, -0.05) is 0 Å². The number of nitrogens with zero attached hydrogens (tertiary/aromatic N) is 3. The van der Waals surface area contributed by atoms with Crippen LogP contribution in [-0.2, 0) is 0 Å². The van der Waals surface area contributed by atoms with Crippen molar-refractivity contribution in [2.75, 3.05) is 20.2 Å². The van der Waals surface area contributed by atoms with E-state index in [1.807, 2.05) is 22.6 Å². The predicted molar refractivity (Wildman–Crippen MR) is 110 cm³/mol. The summed E-state index contributed by atoms with van der Waals surface area (Å²) in [4.78, 5) is 18.3. The van der Waals surface area contributed by atoms with Crippen LogP contribution in [0.1, 0.15) is 60.3 Å². The molecule has 148 valence electrons. The minimum atomic E-state index is 0.100. The summed E-state index contributed by atoms with van der Waals surface area (Å²) in [5.74, 6) is 1.42. The molecule has 1 fully saturated rings. The lowest BCUT2D eigenvalue weighted by atomic mass is 9.89. The van der Waals surface area contributed by atoms with Gasteiger partial charge in [0.2, 0.25) is 0 Å². The summed E-state index contributed by atoms with van der Waals surface area (Å²) < 4.78 is 7.30. The zero-order chi connectivity index (χ0) is 19.8. The van der Waals surface area contributed by atoms with Crippen LogP contribution in [0.4, 0.5) is 0 Å². The van der Waals surface area contributed by atoms with Crippen LogP contribution in [0.5, 0.6) is 5.75 Å². The average Bonchev–Trinajstić information content (AvgIpc) is 3.30. The molecule has 0 atom stereocenters. The van der Waals surface area contributed by atoms with Crippen LogP contribution >= 0.6 is 0 Å². The van der Waals surface area contributed by atoms with Crippen molar-refractivity contribution in [1.29, 1.82) is 0 Å². The van der Waals surface area contributed by atoms with Crippen molar-refractivity contribution in [3.63, 3.8) is 0 Å². The monoisotopic (exact) mass is 380 g/mol. The molecular formula is C22H28N4O2. The molecule has 1 N–H and O–H groups in total. The Morgan fingerprint density at radius 2 is 2.04 bits per heavy atom. The highest BCUT2D eigenvalue weighted by Gasteiger charge is 2.28. The van der Waals surface area contributed by atoms with E-state index in [0.29, 0.717) is 5.92 Å². The van der Waals surface area contributed by atoms with E-state index < -0.39 is 0 Å². The number of methoxy groups -OCH3 is 1. The molecule has 6 heteroatoms. The first-order valence-electron chi connectivity index (χ1n) is 9.98. The van der Waals surface area contributed by atoms with Gasteiger partial charge in [-0.15, -0.1) is 0 Å². The Kier molecular flexibility index (Phi) is 4.87. The van der Waals surface area contributed by atoms with Gasteiger partial charge in [-0.25, -0.2) is 0 Å². The summed E-state index contributed by atoms with van der Waals surface area (Å²) in [6.07, 6.45) is 5.76. The summed E-state index contributed by atoms with van der Waals surface area (Å²) >= 11 is 0. The van der Waals surface area contributed by atoms with Crippen molar-refractivity contribution in [3.05, 3.63) is 47.4 Å². The number of hydrogen-bond acceptors (Lipinski definition) is 3. The lowest BCUT2D eigenvalue weighted by Crippen LogP contribution is -2.38. The van der Waals surface area contributed by atoms with Crippen LogP contribution < -0.4 is 4.74 Å². The van der Waals surface area contributed by atoms with Crippen LogP contribution in [0.3, 0.4) is 0 Å². The number of H-pyrrole nitrogens is 1. The number of amides is 1. The fraction of sp³-hybridized carbons (Fsp3) is 0.455. The van der Waals surface area contributed by atoms with Gasteiger partial charge >= 0.3 is 0 Å². The van der Waals surface area contributed by atoms with Crippen molar-refractivity contribution in [3.8, 4) is 5.75 Å². The second kappa shape index (κ2) is 7.34. The van der Waals surface area contributed by atoms with E-state index in [9.17, 15) is 4.79 Å². The molecule has 1 amide bonds. The van der Waals surface area contributed by atoms with Gasteiger partial charge in [-0.2, -0.15) is 5.10 Å². The first kappa shape index (κ1) is 18.6. The lowest BCUT2D eigenvalue weighted by Gasteiger charge is -2.32. The van der Waals surface area contributed by atoms with Gasteiger partial charge in [-0.3, -0.25) is 9.48 Å². The molecule has 1 aliphatic heterocycles. The molecule has 3 heterocycles. The molecule has 0 aliphatic carbocycles. The lowest BCUT2D eigenvalue weighted by molar-refractivity contribution is 0.0712. The number of ether oxygens (including phenoxy) is 1. The number of carbonyl (C=O) groups is 1. The molecule has 2 aromatic heterocycles. The van der Waals surface area contributed by atoms with Crippen molar-refractivity contribution in [1.82, 2.24) is 19.7 Å². The van der Waals surface area contributed by atoms with E-state index in [-0.39, 0.29) is 11.9 Å². The van der Waals surface area contributed by atoms with Gasteiger partial charge in [0.15, 0.2) is 0 Å². The molecule has 1 aliphatic rings. The summed E-state index contributed by atoms with van der Waals surface area (Å²) in [7, 11) is 1.70. The Labute approximate surface area is 165 Å². The molecule has 6 nitrogen and oxygen atoms in total. The van der Waals surface area contributed by atoms with Crippen LogP contribution in [0.2, 0.25) is 0 Å². The molecule has 28 heavy (non-hydrogen) atoms. The maximum atomic E-state index is 13.0. The van der Waals surface area contributed by atoms with Crippen molar-refractivity contribution in [2.45, 2.75) is 45.6 Å². The van der Waals surface area contributed by atoms with Crippen LogP contribution in [0.15, 0.2) is 30.6 Å². The van der Waals surface area contributed by atoms with Gasteiger partial charge in [0, 0.05) is 41.9 Å². The second-order valence-electron chi connectivity index (χ2n) is 7.90. The normalized spacial score (nSPS) is 15.5. The Bertz CT molecular complexity index is 993. The highest BCUT2D eigenvalue weighted by atomic mass is 16.5. The number of carbonyl (C=O) groups excluding carboxylic acids is 1. The maximum Gasteiger partial charge on any atom is 0.257 e. The minimum Gasteiger partial charge on any atom is -0.497 e. The van der Waals surface area contributed by atoms with Gasteiger partial charge in [0.25, 0.3) is 5.91 Å². The Hall–Kier alpha value is -2.76. The van der Waals surface area contributed by atoms with Crippen molar-refractivity contribution >= 4 is 16.8 Å². The molecule has 1 aromatic carbocycles. The number of aromatic nitrogens is 3. The highest BCUT2D eigenvalue weighted by Crippen LogP contribution is 2.35. The summed E-state index contributed by atoms with van der Waals surface area (Å²) in [5.41, 5.74) is 4.13. The second-order valence-corrected chi connectivity index (χ2v) is 7.90. The number of rotatable bonds is 4. The zero-order valence-corrected chi connectivity index (χ0v) is 17.0. The van der Waals surface area contributed by atoms with Crippen LogP contribution in [-0.4, -0.2) is 45.8 Å². The van der Waals surface area contributed by atoms with Crippen LogP contribution in [0.25, 0.3) is 10.9 Å². The summed E-state index contributed by atoms with van der Waals surface area (Å²) in [6, 6.07) is 6.39. The summed E-state index contributed by atoms with van der Waals surface area (Å²) in [6.45, 7) is 7.68. The van der Waals surface area contributed by atoms with Gasteiger partial charge in [0.05, 0.1) is 18.9 Å². The van der Waals surface area contributed by atoms with E-state index in [0.717, 1.165) is 48.5 Å². The number of benzene rings is 1. The first-order valence-corrected chi connectivity index (χ1v) is 9.98. The molecule has 4 rings (SSSR count). The SMILES string of the molecule is COc1ccc2[nH]cc(C3CCN(C(=O)c4cnn(C(C)C)c4C)CC3)c2c1. The smallest absolute Gasteiger partial charge is 0.257 e. The molecule has 3 aromatic rings. The number of hydrogen-bond donors (Lipinski definition) is 1. The van der Waals surface area contributed by atoms with Gasteiger partial charge in [0.1, 0.15) is 5.75 Å². The molecule has 0 radical (unpaired) electrons. The Morgan fingerprint density at radius 3 is 2.68 bits per heavy atom. The van der Waals surface area contributed by atoms with Gasteiger partial charge < -0.3 is 14.6 Å². The number of fused-ring (bicyclic) bond motifs is 1. The van der Waals surface area contributed by atoms with Crippen molar-refractivity contribution in [2.24, 2.45) is 0 Å². The summed E-state index contributed by atoms with van der Waals surface area (Å²) in [5, 5.41) is 5.61. The molecular weight excluding hydrogens is 352 g/mol.